The first-order valence-corrected chi connectivity index (χ1v) is 13.6. The lowest BCUT2D eigenvalue weighted by Crippen LogP contribution is -2.38. The SMILES string of the molecule is CC[C@H]1CCCCN1Cc1ccc(CNC(=O)CCc2nnc3ccc(N4CCC(C)CC4)nn23)o1. The molecule has 2 saturated heterocycles. The van der Waals surface area contributed by atoms with Crippen molar-refractivity contribution in [1.82, 2.24) is 30.0 Å². The van der Waals surface area contributed by atoms with Crippen LogP contribution in [0.2, 0.25) is 0 Å². The molecule has 3 aromatic heterocycles. The number of nitrogens with zero attached hydrogens (tertiary/aromatic N) is 6. The maximum atomic E-state index is 12.6. The fourth-order valence-corrected chi connectivity index (χ4v) is 5.42. The van der Waals surface area contributed by atoms with Gasteiger partial charge >= 0.3 is 0 Å². The van der Waals surface area contributed by atoms with E-state index in [2.05, 4.69) is 39.2 Å². The lowest BCUT2D eigenvalue weighted by Gasteiger charge is -2.34. The topological polar surface area (TPSA) is 91.8 Å². The zero-order chi connectivity index (χ0) is 24.9. The quantitative estimate of drug-likeness (QED) is 0.482. The van der Waals surface area contributed by atoms with Crippen LogP contribution in [0.15, 0.2) is 28.7 Å². The molecule has 5 rings (SSSR count). The van der Waals surface area contributed by atoms with Gasteiger partial charge in [-0.2, -0.15) is 4.52 Å². The van der Waals surface area contributed by atoms with E-state index in [1.54, 1.807) is 4.52 Å². The van der Waals surface area contributed by atoms with Crippen molar-refractivity contribution in [2.24, 2.45) is 5.92 Å². The standard InChI is InChI=1S/C27H39N7O2/c1-3-21-6-4-5-15-33(21)19-23-8-7-22(36-23)18-28-27(35)12-11-25-30-29-24-9-10-26(31-34(24)25)32-16-13-20(2)14-17-32/h7-10,20-21H,3-6,11-19H2,1-2H3,(H,28,35)/t21-/m0/s1. The van der Waals surface area contributed by atoms with Crippen molar-refractivity contribution in [3.8, 4) is 0 Å². The van der Waals surface area contributed by atoms with Crippen LogP contribution >= 0.6 is 0 Å². The van der Waals surface area contributed by atoms with E-state index >= 15 is 0 Å². The fraction of sp³-hybridized carbons (Fsp3) is 0.630. The second kappa shape index (κ2) is 11.4. The number of piperidine rings is 2. The van der Waals surface area contributed by atoms with Gasteiger partial charge < -0.3 is 14.6 Å². The maximum Gasteiger partial charge on any atom is 0.220 e. The Kier molecular flexibility index (Phi) is 7.84. The number of fused-ring (bicyclic) bond motifs is 1. The number of furan rings is 1. The molecule has 2 fully saturated rings. The molecule has 2 aliphatic rings. The first-order chi connectivity index (χ1) is 17.6. The highest BCUT2D eigenvalue weighted by Gasteiger charge is 2.22. The number of aryl methyl sites for hydroxylation is 1. The first kappa shape index (κ1) is 24.7. The summed E-state index contributed by atoms with van der Waals surface area (Å²) < 4.78 is 7.80. The third-order valence-corrected chi connectivity index (χ3v) is 7.75. The average Bonchev–Trinajstić information content (AvgIpc) is 3.53. The summed E-state index contributed by atoms with van der Waals surface area (Å²) in [6.07, 6.45) is 8.22. The van der Waals surface area contributed by atoms with Crippen LogP contribution in [-0.4, -0.2) is 56.3 Å². The number of rotatable bonds is 9. The Hall–Kier alpha value is -2.94. The van der Waals surface area contributed by atoms with Crippen LogP contribution in [0.25, 0.3) is 5.65 Å². The molecule has 0 spiro atoms. The predicted octanol–water partition coefficient (Wildman–Crippen LogP) is 3.97. The molecule has 0 saturated carbocycles. The number of aromatic nitrogens is 4. The van der Waals surface area contributed by atoms with Gasteiger partial charge in [0.2, 0.25) is 5.91 Å². The Morgan fingerprint density at radius 1 is 1.06 bits per heavy atom. The normalized spacial score (nSPS) is 19.7. The van der Waals surface area contributed by atoms with E-state index in [9.17, 15) is 4.79 Å². The number of carbonyl (C=O) groups is 1. The van der Waals surface area contributed by atoms with E-state index in [-0.39, 0.29) is 5.91 Å². The van der Waals surface area contributed by atoms with Crippen LogP contribution in [0.5, 0.6) is 0 Å². The van der Waals surface area contributed by atoms with Crippen LogP contribution in [0, 0.1) is 5.92 Å². The molecule has 3 aromatic rings. The van der Waals surface area contributed by atoms with Crippen molar-refractivity contribution in [1.29, 1.82) is 0 Å². The third kappa shape index (κ3) is 5.88. The van der Waals surface area contributed by atoms with Gasteiger partial charge in [0, 0.05) is 32.0 Å². The largest absolute Gasteiger partial charge is 0.463 e. The molecule has 9 nitrogen and oxygen atoms in total. The van der Waals surface area contributed by atoms with Crippen molar-refractivity contribution >= 4 is 17.4 Å². The molecular formula is C27H39N7O2. The summed E-state index contributed by atoms with van der Waals surface area (Å²) in [5, 5.41) is 16.3. The van der Waals surface area contributed by atoms with E-state index in [0.29, 0.717) is 36.9 Å². The third-order valence-electron chi connectivity index (χ3n) is 7.75. The van der Waals surface area contributed by atoms with Gasteiger partial charge in [-0.25, -0.2) is 0 Å². The number of hydrogen-bond acceptors (Lipinski definition) is 7. The minimum absolute atomic E-state index is 0.0343. The van der Waals surface area contributed by atoms with Gasteiger partial charge in [-0.15, -0.1) is 15.3 Å². The summed E-state index contributed by atoms with van der Waals surface area (Å²) in [5.41, 5.74) is 0.710. The van der Waals surface area contributed by atoms with Gasteiger partial charge in [-0.1, -0.05) is 20.3 Å². The fourth-order valence-electron chi connectivity index (χ4n) is 5.42. The molecule has 0 bridgehead atoms. The highest BCUT2D eigenvalue weighted by molar-refractivity contribution is 5.76. The van der Waals surface area contributed by atoms with E-state index in [1.165, 1.54) is 38.5 Å². The molecule has 5 heterocycles. The smallest absolute Gasteiger partial charge is 0.220 e. The summed E-state index contributed by atoms with van der Waals surface area (Å²) in [7, 11) is 0. The zero-order valence-electron chi connectivity index (χ0n) is 21.7. The molecule has 0 aliphatic carbocycles. The molecule has 194 valence electrons. The Morgan fingerprint density at radius 2 is 1.89 bits per heavy atom. The van der Waals surface area contributed by atoms with E-state index in [1.807, 2.05) is 24.3 Å². The molecule has 36 heavy (non-hydrogen) atoms. The Morgan fingerprint density at radius 3 is 2.72 bits per heavy atom. The van der Waals surface area contributed by atoms with Gasteiger partial charge in [0.05, 0.1) is 13.1 Å². The molecular weight excluding hydrogens is 454 g/mol. The summed E-state index contributed by atoms with van der Waals surface area (Å²) >= 11 is 0. The number of hydrogen-bond donors (Lipinski definition) is 1. The Labute approximate surface area is 213 Å². The van der Waals surface area contributed by atoms with Crippen LogP contribution in [0.4, 0.5) is 5.82 Å². The number of anilines is 1. The van der Waals surface area contributed by atoms with Crippen LogP contribution in [-0.2, 0) is 24.3 Å². The molecule has 1 atom stereocenters. The molecule has 1 N–H and O–H groups in total. The van der Waals surface area contributed by atoms with Crippen molar-refractivity contribution in [2.75, 3.05) is 24.5 Å². The van der Waals surface area contributed by atoms with Crippen molar-refractivity contribution in [2.45, 2.75) is 84.3 Å². The summed E-state index contributed by atoms with van der Waals surface area (Å²) in [6.45, 7) is 8.98. The summed E-state index contributed by atoms with van der Waals surface area (Å²) in [6, 6.07) is 8.63. The molecule has 1 amide bonds. The maximum absolute atomic E-state index is 12.6. The minimum Gasteiger partial charge on any atom is -0.463 e. The predicted molar refractivity (Wildman–Crippen MR) is 139 cm³/mol. The van der Waals surface area contributed by atoms with Crippen LogP contribution < -0.4 is 10.2 Å². The molecule has 2 aliphatic heterocycles. The Bertz CT molecular complexity index is 1150. The van der Waals surface area contributed by atoms with Gasteiger partial charge in [0.25, 0.3) is 0 Å². The van der Waals surface area contributed by atoms with Gasteiger partial charge in [0.15, 0.2) is 11.5 Å². The van der Waals surface area contributed by atoms with Gasteiger partial charge in [-0.3, -0.25) is 9.69 Å². The van der Waals surface area contributed by atoms with Crippen molar-refractivity contribution in [3.05, 3.63) is 41.6 Å². The lowest BCUT2D eigenvalue weighted by molar-refractivity contribution is -0.121. The molecule has 0 unspecified atom stereocenters. The van der Waals surface area contributed by atoms with Crippen LogP contribution in [0.3, 0.4) is 0 Å². The molecule has 0 aromatic carbocycles. The molecule has 0 radical (unpaired) electrons. The van der Waals surface area contributed by atoms with Gasteiger partial charge in [-0.05, 0) is 68.8 Å². The van der Waals surface area contributed by atoms with Crippen molar-refractivity contribution < 1.29 is 9.21 Å². The minimum atomic E-state index is -0.0343. The number of likely N-dealkylation sites (tertiary alicyclic amines) is 1. The number of nitrogens with one attached hydrogen (secondary N) is 1. The zero-order valence-corrected chi connectivity index (χ0v) is 21.7. The van der Waals surface area contributed by atoms with E-state index < -0.39 is 0 Å². The lowest BCUT2D eigenvalue weighted by atomic mass is 9.99. The second-order valence-corrected chi connectivity index (χ2v) is 10.4. The Balaban J connectivity index is 1.12. The van der Waals surface area contributed by atoms with Crippen LogP contribution in [0.1, 0.15) is 76.1 Å². The second-order valence-electron chi connectivity index (χ2n) is 10.4. The monoisotopic (exact) mass is 493 g/mol. The van der Waals surface area contributed by atoms with E-state index in [4.69, 9.17) is 9.52 Å². The summed E-state index contributed by atoms with van der Waals surface area (Å²) in [5.74, 6) is 4.15. The molecule has 9 heteroatoms. The van der Waals surface area contributed by atoms with E-state index in [0.717, 1.165) is 49.4 Å². The van der Waals surface area contributed by atoms with Crippen molar-refractivity contribution in [3.63, 3.8) is 0 Å². The highest BCUT2D eigenvalue weighted by Crippen LogP contribution is 2.23. The van der Waals surface area contributed by atoms with Gasteiger partial charge in [0.1, 0.15) is 17.3 Å². The summed E-state index contributed by atoms with van der Waals surface area (Å²) in [4.78, 5) is 17.4. The number of carbonyl (C=O) groups excluding carboxylic acids is 1. The highest BCUT2D eigenvalue weighted by atomic mass is 16.3. The average molecular weight is 494 g/mol. The number of amides is 1. The first-order valence-electron chi connectivity index (χ1n) is 13.6.